The van der Waals surface area contributed by atoms with E-state index in [-0.39, 0.29) is 26.4 Å². The van der Waals surface area contributed by atoms with Gasteiger partial charge in [-0.05, 0) is 66.2 Å². The third-order valence-electron chi connectivity index (χ3n) is 4.25. The van der Waals surface area contributed by atoms with Gasteiger partial charge in [0.2, 0.25) is 0 Å². The minimum absolute atomic E-state index is 0.0157. The topological polar surface area (TPSA) is 79.2 Å². The van der Waals surface area contributed by atoms with Crippen molar-refractivity contribution in [3.8, 4) is 0 Å². The molecular formula is C23H42O5. The maximum absolute atomic E-state index is 9.69. The molecule has 0 aromatic carbocycles. The lowest BCUT2D eigenvalue weighted by atomic mass is 10.1. The van der Waals surface area contributed by atoms with Crippen LogP contribution in [0.25, 0.3) is 0 Å². The van der Waals surface area contributed by atoms with Crippen molar-refractivity contribution in [1.29, 1.82) is 0 Å². The molecule has 0 saturated heterocycles. The lowest BCUT2D eigenvalue weighted by Crippen LogP contribution is -2.26. The van der Waals surface area contributed by atoms with Crippen molar-refractivity contribution in [2.75, 3.05) is 33.0 Å². The monoisotopic (exact) mass is 398 g/mol. The fraction of sp³-hybridized carbons (Fsp3) is 0.739. The molecule has 0 fully saturated rings. The van der Waals surface area contributed by atoms with Crippen LogP contribution in [0.2, 0.25) is 0 Å². The summed E-state index contributed by atoms with van der Waals surface area (Å²) in [5, 5.41) is 27.5. The van der Waals surface area contributed by atoms with Crippen LogP contribution in [-0.4, -0.2) is 60.6 Å². The molecule has 0 aliphatic carbocycles. The highest BCUT2D eigenvalue weighted by Crippen LogP contribution is 2.12. The van der Waals surface area contributed by atoms with Crippen LogP contribution in [0.4, 0.5) is 0 Å². The van der Waals surface area contributed by atoms with Crippen molar-refractivity contribution in [2.24, 2.45) is 0 Å². The number of hydrogen-bond donors (Lipinski definition) is 3. The second-order valence-corrected chi connectivity index (χ2v) is 7.70. The van der Waals surface area contributed by atoms with Gasteiger partial charge >= 0.3 is 0 Å². The largest absolute Gasteiger partial charge is 0.394 e. The summed E-state index contributed by atoms with van der Waals surface area (Å²) >= 11 is 0. The Morgan fingerprint density at radius 2 is 1.29 bits per heavy atom. The van der Waals surface area contributed by atoms with E-state index in [1.54, 1.807) is 0 Å². The Bertz CT molecular complexity index is 464. The molecule has 164 valence electrons. The first-order chi connectivity index (χ1) is 13.3. The SMILES string of the molecule is CC(C)=CCC/C(C)=C/CCC(C)=CCCCOCC(O)COCC(O)CO. The van der Waals surface area contributed by atoms with Gasteiger partial charge in [0, 0.05) is 6.61 Å². The van der Waals surface area contributed by atoms with Crippen LogP contribution >= 0.6 is 0 Å². The molecule has 0 bridgehead atoms. The van der Waals surface area contributed by atoms with Crippen molar-refractivity contribution < 1.29 is 24.8 Å². The Hall–Kier alpha value is -0.980. The van der Waals surface area contributed by atoms with E-state index in [4.69, 9.17) is 19.7 Å². The predicted molar refractivity (Wildman–Crippen MR) is 115 cm³/mol. The summed E-state index contributed by atoms with van der Waals surface area (Å²) in [5.41, 5.74) is 4.26. The highest BCUT2D eigenvalue weighted by Gasteiger charge is 2.07. The standard InChI is InChI=1S/C23H42O5/c1-19(2)9-7-11-21(4)13-8-12-20(3)10-5-6-14-27-17-23(26)18-28-16-22(25)15-24/h9-10,13,22-26H,5-8,11-12,14-18H2,1-4H3/b20-10?,21-13+. The zero-order valence-corrected chi connectivity index (χ0v) is 18.3. The van der Waals surface area contributed by atoms with Crippen LogP contribution in [0.3, 0.4) is 0 Å². The maximum atomic E-state index is 9.69. The molecule has 0 aliphatic heterocycles. The van der Waals surface area contributed by atoms with Crippen LogP contribution < -0.4 is 0 Å². The number of ether oxygens (including phenoxy) is 2. The molecule has 3 N–H and O–H groups in total. The molecule has 0 heterocycles. The minimum atomic E-state index is -0.898. The first kappa shape index (κ1) is 27.0. The van der Waals surface area contributed by atoms with Crippen LogP contribution in [0, 0.1) is 0 Å². The van der Waals surface area contributed by atoms with E-state index in [9.17, 15) is 5.11 Å². The highest BCUT2D eigenvalue weighted by atomic mass is 16.5. The molecule has 5 heteroatoms. The van der Waals surface area contributed by atoms with Gasteiger partial charge in [-0.1, -0.05) is 34.9 Å². The van der Waals surface area contributed by atoms with Gasteiger partial charge in [0.1, 0.15) is 12.2 Å². The number of aliphatic hydroxyl groups is 3. The van der Waals surface area contributed by atoms with Gasteiger partial charge in [-0.15, -0.1) is 0 Å². The first-order valence-electron chi connectivity index (χ1n) is 10.4. The molecular weight excluding hydrogens is 356 g/mol. The van der Waals surface area contributed by atoms with E-state index in [2.05, 4.69) is 45.9 Å². The number of unbranched alkanes of at least 4 members (excludes halogenated alkanes) is 1. The van der Waals surface area contributed by atoms with E-state index in [1.165, 1.54) is 16.7 Å². The fourth-order valence-electron chi connectivity index (χ4n) is 2.53. The van der Waals surface area contributed by atoms with Gasteiger partial charge in [0.05, 0.1) is 26.4 Å². The molecule has 2 atom stereocenters. The Morgan fingerprint density at radius 1 is 0.750 bits per heavy atom. The van der Waals surface area contributed by atoms with Gasteiger partial charge < -0.3 is 24.8 Å². The zero-order valence-electron chi connectivity index (χ0n) is 18.3. The summed E-state index contributed by atoms with van der Waals surface area (Å²) in [5.74, 6) is 0. The zero-order chi connectivity index (χ0) is 21.2. The second-order valence-electron chi connectivity index (χ2n) is 7.70. The van der Waals surface area contributed by atoms with Crippen molar-refractivity contribution in [3.05, 3.63) is 34.9 Å². The number of rotatable bonds is 17. The molecule has 0 radical (unpaired) electrons. The van der Waals surface area contributed by atoms with Crippen LogP contribution in [0.1, 0.15) is 66.2 Å². The molecule has 0 saturated carbocycles. The average Bonchev–Trinajstić information content (AvgIpc) is 2.64. The maximum Gasteiger partial charge on any atom is 0.101 e. The van der Waals surface area contributed by atoms with Gasteiger partial charge in [0.25, 0.3) is 0 Å². The highest BCUT2D eigenvalue weighted by molar-refractivity contribution is 5.05. The Labute approximate surface area is 171 Å². The van der Waals surface area contributed by atoms with E-state index < -0.39 is 12.2 Å². The minimum Gasteiger partial charge on any atom is -0.394 e. The molecule has 2 unspecified atom stereocenters. The fourth-order valence-corrected chi connectivity index (χ4v) is 2.53. The molecule has 5 nitrogen and oxygen atoms in total. The Balaban J connectivity index is 3.69. The van der Waals surface area contributed by atoms with Crippen molar-refractivity contribution in [1.82, 2.24) is 0 Å². The number of aliphatic hydroxyl groups excluding tert-OH is 3. The summed E-state index contributed by atoms with van der Waals surface area (Å²) in [6.45, 7) is 9.26. The van der Waals surface area contributed by atoms with Crippen LogP contribution in [0.5, 0.6) is 0 Å². The molecule has 0 amide bonds. The summed E-state index contributed by atoms with van der Waals surface area (Å²) < 4.78 is 10.5. The van der Waals surface area contributed by atoms with E-state index in [1.807, 2.05) is 0 Å². The normalized spacial score (nSPS) is 14.8. The summed E-state index contributed by atoms with van der Waals surface area (Å²) in [7, 11) is 0. The van der Waals surface area contributed by atoms with Gasteiger partial charge in [0.15, 0.2) is 0 Å². The Kier molecular flexibility index (Phi) is 17.4. The van der Waals surface area contributed by atoms with E-state index in [0.29, 0.717) is 6.61 Å². The molecule has 0 aromatic rings. The summed E-state index contributed by atoms with van der Waals surface area (Å²) in [6.07, 6.45) is 11.7. The molecule has 28 heavy (non-hydrogen) atoms. The van der Waals surface area contributed by atoms with Crippen LogP contribution in [0.15, 0.2) is 34.9 Å². The number of hydrogen-bond acceptors (Lipinski definition) is 5. The van der Waals surface area contributed by atoms with Crippen molar-refractivity contribution in [3.63, 3.8) is 0 Å². The van der Waals surface area contributed by atoms with Crippen molar-refractivity contribution >= 4 is 0 Å². The summed E-state index contributed by atoms with van der Waals surface area (Å²) in [6, 6.07) is 0. The van der Waals surface area contributed by atoms with Gasteiger partial charge in [-0.2, -0.15) is 0 Å². The smallest absolute Gasteiger partial charge is 0.101 e. The lowest BCUT2D eigenvalue weighted by Gasteiger charge is -2.13. The Morgan fingerprint density at radius 3 is 1.89 bits per heavy atom. The first-order valence-corrected chi connectivity index (χ1v) is 10.4. The van der Waals surface area contributed by atoms with Gasteiger partial charge in [-0.25, -0.2) is 0 Å². The van der Waals surface area contributed by atoms with Crippen LogP contribution in [-0.2, 0) is 9.47 Å². The molecule has 0 aliphatic rings. The van der Waals surface area contributed by atoms with Crippen molar-refractivity contribution in [2.45, 2.75) is 78.4 Å². The average molecular weight is 399 g/mol. The lowest BCUT2D eigenvalue weighted by molar-refractivity contribution is -0.0479. The second kappa shape index (κ2) is 18.1. The van der Waals surface area contributed by atoms with Gasteiger partial charge in [-0.3, -0.25) is 0 Å². The number of allylic oxidation sites excluding steroid dienone is 6. The molecule has 0 rings (SSSR count). The predicted octanol–water partition coefficient (Wildman–Crippen LogP) is 3.93. The van der Waals surface area contributed by atoms with E-state index in [0.717, 1.165) is 38.5 Å². The third kappa shape index (κ3) is 18.4. The third-order valence-corrected chi connectivity index (χ3v) is 4.25. The van der Waals surface area contributed by atoms with E-state index >= 15 is 0 Å². The summed E-state index contributed by atoms with van der Waals surface area (Å²) in [4.78, 5) is 0. The molecule has 0 aromatic heterocycles. The molecule has 0 spiro atoms. The quantitative estimate of drug-likeness (QED) is 0.255.